The molecule has 0 aliphatic carbocycles. The lowest BCUT2D eigenvalue weighted by molar-refractivity contribution is 0.0786. The van der Waals surface area contributed by atoms with Crippen LogP contribution in [0.4, 0.5) is 8.78 Å². The second-order valence-electron chi connectivity index (χ2n) is 9.92. The number of nitrogens with zero attached hydrogens (tertiary/aromatic N) is 3. The first-order valence-electron chi connectivity index (χ1n) is 12.9. The minimum atomic E-state index is -0.535. The largest absolute Gasteiger partial charge is 0.396 e. The molecule has 0 saturated carbocycles. The van der Waals surface area contributed by atoms with Crippen LogP contribution >= 0.6 is 0 Å². The zero-order valence-electron chi connectivity index (χ0n) is 21.5. The van der Waals surface area contributed by atoms with Gasteiger partial charge in [0.05, 0.1) is 22.7 Å². The van der Waals surface area contributed by atoms with Gasteiger partial charge in [0.15, 0.2) is 0 Å². The van der Waals surface area contributed by atoms with Gasteiger partial charge >= 0.3 is 0 Å². The van der Waals surface area contributed by atoms with Crippen molar-refractivity contribution in [1.82, 2.24) is 15.2 Å². The van der Waals surface area contributed by atoms with Gasteiger partial charge in [-0.3, -0.25) is 9.78 Å². The summed E-state index contributed by atoms with van der Waals surface area (Å²) in [7, 11) is 1.75. The van der Waals surface area contributed by atoms with Crippen molar-refractivity contribution >= 4 is 16.8 Å². The topological polar surface area (TPSA) is 89.2 Å². The van der Waals surface area contributed by atoms with E-state index in [1.54, 1.807) is 48.5 Å². The van der Waals surface area contributed by atoms with Gasteiger partial charge < -0.3 is 15.3 Å². The molecule has 1 aliphatic rings. The number of likely N-dealkylation sites (N-methyl/N-ethyl adjacent to an activating group) is 1. The Morgan fingerprint density at radius 1 is 1.10 bits per heavy atom. The minimum absolute atomic E-state index is 0.135. The summed E-state index contributed by atoms with van der Waals surface area (Å²) in [6.45, 7) is 1.29. The van der Waals surface area contributed by atoms with Crippen LogP contribution in [0.2, 0.25) is 0 Å². The average molecular weight is 527 g/mol. The summed E-state index contributed by atoms with van der Waals surface area (Å²) in [5.74, 6) is -1.25. The smallest absolute Gasteiger partial charge is 0.255 e. The van der Waals surface area contributed by atoms with E-state index in [0.717, 1.165) is 19.4 Å². The SMILES string of the molecule is CN(C[C@@H]1CCCN1)C(=O)c1c(-c2cc(F)cc(CCO)c2)cnc2ccc(-c3cc(F)cc(C#N)c3)cc12. The quantitative estimate of drug-likeness (QED) is 0.351. The van der Waals surface area contributed by atoms with Gasteiger partial charge in [-0.2, -0.15) is 5.26 Å². The van der Waals surface area contributed by atoms with E-state index >= 15 is 0 Å². The Bertz CT molecular complexity index is 1590. The molecule has 0 bridgehead atoms. The molecule has 1 saturated heterocycles. The number of carbonyl (C=O) groups is 1. The van der Waals surface area contributed by atoms with Gasteiger partial charge in [-0.25, -0.2) is 8.78 Å². The predicted molar refractivity (Wildman–Crippen MR) is 146 cm³/mol. The molecule has 198 valence electrons. The van der Waals surface area contributed by atoms with Crippen LogP contribution in [0.25, 0.3) is 33.2 Å². The molecule has 0 radical (unpaired) electrons. The molecule has 0 unspecified atom stereocenters. The van der Waals surface area contributed by atoms with E-state index in [9.17, 15) is 23.9 Å². The molecule has 5 rings (SSSR count). The summed E-state index contributed by atoms with van der Waals surface area (Å²) in [5, 5.41) is 22.7. The third-order valence-corrected chi connectivity index (χ3v) is 7.11. The van der Waals surface area contributed by atoms with E-state index in [-0.39, 0.29) is 30.5 Å². The fourth-order valence-corrected chi connectivity index (χ4v) is 5.24. The van der Waals surface area contributed by atoms with Crippen LogP contribution in [0.3, 0.4) is 0 Å². The van der Waals surface area contributed by atoms with Crippen molar-refractivity contribution in [2.45, 2.75) is 25.3 Å². The molecule has 2 N–H and O–H groups in total. The number of nitriles is 1. The highest BCUT2D eigenvalue weighted by molar-refractivity contribution is 6.12. The van der Waals surface area contributed by atoms with Crippen molar-refractivity contribution in [1.29, 1.82) is 5.26 Å². The first kappa shape index (κ1) is 26.4. The molecular formula is C31H28F2N4O2. The summed E-state index contributed by atoms with van der Waals surface area (Å²) in [6.07, 6.45) is 3.87. The van der Waals surface area contributed by atoms with Crippen LogP contribution in [0.15, 0.2) is 60.8 Å². The number of amides is 1. The highest BCUT2D eigenvalue weighted by atomic mass is 19.1. The second-order valence-corrected chi connectivity index (χ2v) is 9.92. The molecule has 3 aromatic carbocycles. The van der Waals surface area contributed by atoms with Crippen LogP contribution in [-0.4, -0.2) is 53.7 Å². The average Bonchev–Trinajstić information content (AvgIpc) is 3.44. The van der Waals surface area contributed by atoms with Crippen molar-refractivity contribution in [3.05, 3.63) is 89.1 Å². The fourth-order valence-electron chi connectivity index (χ4n) is 5.24. The summed E-state index contributed by atoms with van der Waals surface area (Å²) >= 11 is 0. The molecule has 4 aromatic rings. The Morgan fingerprint density at radius 3 is 2.64 bits per heavy atom. The van der Waals surface area contributed by atoms with Gasteiger partial charge in [-0.05, 0) is 90.5 Å². The van der Waals surface area contributed by atoms with Crippen LogP contribution in [0.5, 0.6) is 0 Å². The zero-order valence-corrected chi connectivity index (χ0v) is 21.5. The number of aliphatic hydroxyl groups excluding tert-OH is 1. The Hall–Kier alpha value is -4.19. The van der Waals surface area contributed by atoms with Crippen LogP contribution in [0.1, 0.15) is 34.3 Å². The number of halogens is 2. The van der Waals surface area contributed by atoms with Gasteiger partial charge in [-0.1, -0.05) is 12.1 Å². The highest BCUT2D eigenvalue weighted by Crippen LogP contribution is 2.34. The minimum Gasteiger partial charge on any atom is -0.396 e. The number of carbonyl (C=O) groups excluding carboxylic acids is 1. The lowest BCUT2D eigenvalue weighted by Crippen LogP contribution is -2.38. The van der Waals surface area contributed by atoms with Gasteiger partial charge in [0.2, 0.25) is 0 Å². The Kier molecular flexibility index (Phi) is 7.64. The molecule has 0 spiro atoms. The molecule has 1 aromatic heterocycles. The van der Waals surface area contributed by atoms with Gasteiger partial charge in [0.1, 0.15) is 11.6 Å². The molecule has 2 heterocycles. The first-order chi connectivity index (χ1) is 18.9. The summed E-state index contributed by atoms with van der Waals surface area (Å²) < 4.78 is 28.9. The Morgan fingerprint density at radius 2 is 1.90 bits per heavy atom. The number of fused-ring (bicyclic) bond motifs is 1. The van der Waals surface area contributed by atoms with Gasteiger partial charge in [0, 0.05) is 43.4 Å². The molecule has 1 atom stereocenters. The van der Waals surface area contributed by atoms with E-state index < -0.39 is 11.6 Å². The predicted octanol–water partition coefficient (Wildman–Crippen LogP) is 5.08. The molecular weight excluding hydrogens is 498 g/mol. The maximum Gasteiger partial charge on any atom is 0.255 e. The van der Waals surface area contributed by atoms with Gasteiger partial charge in [-0.15, -0.1) is 0 Å². The summed E-state index contributed by atoms with van der Waals surface area (Å²) in [4.78, 5) is 20.3. The molecule has 1 amide bonds. The second kappa shape index (κ2) is 11.3. The fraction of sp³-hybridized carbons (Fsp3) is 0.258. The Balaban J connectivity index is 1.70. The molecule has 6 nitrogen and oxygen atoms in total. The Labute approximate surface area is 225 Å². The lowest BCUT2D eigenvalue weighted by Gasteiger charge is -2.24. The van der Waals surface area contributed by atoms with Crippen molar-refractivity contribution in [3.8, 4) is 28.3 Å². The lowest BCUT2D eigenvalue weighted by atomic mass is 9.93. The summed E-state index contributed by atoms with van der Waals surface area (Å²) in [5.41, 5.74) is 3.77. The monoisotopic (exact) mass is 526 g/mol. The number of benzene rings is 3. The maximum absolute atomic E-state index is 14.6. The van der Waals surface area contributed by atoms with E-state index in [4.69, 9.17) is 0 Å². The number of aromatic nitrogens is 1. The van der Waals surface area contributed by atoms with E-state index in [0.29, 0.717) is 50.8 Å². The van der Waals surface area contributed by atoms with E-state index in [1.165, 1.54) is 24.3 Å². The maximum atomic E-state index is 14.6. The zero-order chi connectivity index (χ0) is 27.5. The van der Waals surface area contributed by atoms with Crippen molar-refractivity contribution < 1.29 is 18.7 Å². The van der Waals surface area contributed by atoms with Crippen molar-refractivity contribution in [2.75, 3.05) is 26.7 Å². The van der Waals surface area contributed by atoms with Crippen LogP contribution in [-0.2, 0) is 6.42 Å². The van der Waals surface area contributed by atoms with E-state index in [1.807, 2.05) is 6.07 Å². The third kappa shape index (κ3) is 5.65. The van der Waals surface area contributed by atoms with Crippen molar-refractivity contribution in [2.24, 2.45) is 0 Å². The van der Waals surface area contributed by atoms with Crippen LogP contribution < -0.4 is 5.32 Å². The van der Waals surface area contributed by atoms with E-state index in [2.05, 4.69) is 10.3 Å². The molecule has 1 fully saturated rings. The third-order valence-electron chi connectivity index (χ3n) is 7.11. The normalized spacial score (nSPS) is 14.9. The molecule has 39 heavy (non-hydrogen) atoms. The number of nitrogens with one attached hydrogen (secondary N) is 1. The summed E-state index contributed by atoms with van der Waals surface area (Å²) in [6, 6.07) is 16.0. The van der Waals surface area contributed by atoms with Crippen LogP contribution in [0, 0.1) is 23.0 Å². The number of pyridine rings is 1. The standard InChI is InChI=1S/C31H28F2N4O2/c1-37(18-26-3-2-7-35-26)31(39)30-27-15-21(22-10-20(16-34)12-25(33)13-22)4-5-29(27)36-17-28(30)23-9-19(6-8-38)11-24(32)14-23/h4-5,9-15,17,26,35,38H,2-3,6-8,18H2,1H3/t26-/m0/s1. The molecule has 1 aliphatic heterocycles. The van der Waals surface area contributed by atoms with Crippen molar-refractivity contribution in [3.63, 3.8) is 0 Å². The van der Waals surface area contributed by atoms with Gasteiger partial charge in [0.25, 0.3) is 5.91 Å². The number of hydrogen-bond acceptors (Lipinski definition) is 5. The highest BCUT2D eigenvalue weighted by Gasteiger charge is 2.25. The number of hydrogen-bond donors (Lipinski definition) is 2. The number of aliphatic hydroxyl groups is 1. The first-order valence-corrected chi connectivity index (χ1v) is 12.9. The molecule has 8 heteroatoms. The number of rotatable bonds is 7.